The van der Waals surface area contributed by atoms with E-state index in [2.05, 4.69) is 22.8 Å². The first-order valence-corrected chi connectivity index (χ1v) is 9.67. The van der Waals surface area contributed by atoms with E-state index in [4.69, 9.17) is 4.74 Å². The molecule has 2 N–H and O–H groups in total. The molecule has 0 radical (unpaired) electrons. The number of nitrogens with zero attached hydrogens (tertiary/aromatic N) is 1. The molecule has 1 heterocycles. The molecule has 0 saturated carbocycles. The second-order valence-corrected chi connectivity index (χ2v) is 7.34. The van der Waals surface area contributed by atoms with E-state index in [1.54, 1.807) is 25.3 Å². The van der Waals surface area contributed by atoms with Crippen LogP contribution in [0.25, 0.3) is 0 Å². The molecule has 3 atom stereocenters. The van der Waals surface area contributed by atoms with Crippen LogP contribution in [0.2, 0.25) is 0 Å². The summed E-state index contributed by atoms with van der Waals surface area (Å²) >= 11 is 0. The lowest BCUT2D eigenvalue weighted by molar-refractivity contribution is -0.385. The minimum absolute atomic E-state index is 0.114. The quantitative estimate of drug-likeness (QED) is 0.337. The molecule has 1 amide bonds. The molecule has 0 spiro atoms. The summed E-state index contributed by atoms with van der Waals surface area (Å²) in [5.74, 6) is 0.141. The Labute approximate surface area is 168 Å². The van der Waals surface area contributed by atoms with E-state index in [0.29, 0.717) is 24.3 Å². The Morgan fingerprint density at radius 1 is 1.28 bits per heavy atom. The second-order valence-electron chi connectivity index (χ2n) is 7.34. The van der Waals surface area contributed by atoms with Gasteiger partial charge < -0.3 is 15.4 Å². The number of hydrogen-bond acceptors (Lipinski definition) is 5. The number of nitro benzene ring substituents is 1. The molecule has 2 aliphatic rings. The zero-order valence-electron chi connectivity index (χ0n) is 16.1. The van der Waals surface area contributed by atoms with Crippen molar-refractivity contribution in [2.24, 2.45) is 5.92 Å². The maximum Gasteiger partial charge on any atom is 0.274 e. The second kappa shape index (κ2) is 8.05. The monoisotopic (exact) mass is 393 g/mol. The number of amides is 1. The van der Waals surface area contributed by atoms with E-state index >= 15 is 0 Å². The summed E-state index contributed by atoms with van der Waals surface area (Å²) in [5.41, 5.74) is 3.40. The van der Waals surface area contributed by atoms with Gasteiger partial charge in [0.1, 0.15) is 0 Å². The Balaban J connectivity index is 1.66. The van der Waals surface area contributed by atoms with Gasteiger partial charge in [0.2, 0.25) is 0 Å². The van der Waals surface area contributed by atoms with Gasteiger partial charge in [0.05, 0.1) is 23.1 Å². The van der Waals surface area contributed by atoms with E-state index in [1.165, 1.54) is 0 Å². The van der Waals surface area contributed by atoms with Gasteiger partial charge in [-0.05, 0) is 36.1 Å². The maximum atomic E-state index is 12.4. The van der Waals surface area contributed by atoms with Gasteiger partial charge in [-0.2, -0.15) is 0 Å². The fraction of sp³-hybridized carbons (Fsp3) is 0.318. The lowest BCUT2D eigenvalue weighted by Gasteiger charge is -2.37. The molecule has 0 fully saturated rings. The Kier molecular flexibility index (Phi) is 5.31. The first-order chi connectivity index (χ1) is 14.1. The Hall–Kier alpha value is -3.19. The topological polar surface area (TPSA) is 93.5 Å². The number of carbonyl (C=O) groups excluding carboxylic acids is 1. The standard InChI is InChI=1S/C22H23N3O4/c1-29-12-11-23-22(26)14-9-10-19-18(13-14)15-6-4-7-16(15)21(24-19)17-5-2-3-8-20(17)25(27)28/h2-6,8-10,13,15-16,21,24H,7,11-12H2,1H3,(H,23,26). The summed E-state index contributed by atoms with van der Waals surface area (Å²) in [4.78, 5) is 23.6. The maximum absolute atomic E-state index is 12.4. The van der Waals surface area contributed by atoms with Crippen LogP contribution in [0.3, 0.4) is 0 Å². The smallest absolute Gasteiger partial charge is 0.274 e. The number of fused-ring (bicyclic) bond motifs is 3. The van der Waals surface area contributed by atoms with Crippen molar-refractivity contribution in [2.75, 3.05) is 25.6 Å². The molecule has 0 bridgehead atoms. The zero-order chi connectivity index (χ0) is 20.4. The molecule has 2 aromatic rings. The van der Waals surface area contributed by atoms with Crippen LogP contribution in [0.4, 0.5) is 11.4 Å². The molecular weight excluding hydrogens is 370 g/mol. The van der Waals surface area contributed by atoms with Crippen LogP contribution in [0.1, 0.15) is 39.9 Å². The number of hydrogen-bond donors (Lipinski definition) is 2. The highest BCUT2D eigenvalue weighted by molar-refractivity contribution is 5.95. The van der Waals surface area contributed by atoms with Crippen molar-refractivity contribution in [3.63, 3.8) is 0 Å². The number of methoxy groups -OCH3 is 1. The van der Waals surface area contributed by atoms with Crippen molar-refractivity contribution in [3.05, 3.63) is 81.4 Å². The van der Waals surface area contributed by atoms with Gasteiger partial charge in [0.15, 0.2) is 0 Å². The predicted molar refractivity (Wildman–Crippen MR) is 110 cm³/mol. The number of para-hydroxylation sites is 1. The minimum Gasteiger partial charge on any atom is -0.383 e. The lowest BCUT2D eigenvalue weighted by atomic mass is 9.76. The number of nitro groups is 1. The molecule has 7 nitrogen and oxygen atoms in total. The zero-order valence-corrected chi connectivity index (χ0v) is 16.1. The molecule has 1 aliphatic carbocycles. The predicted octanol–water partition coefficient (Wildman–Crippen LogP) is 3.80. The third-order valence-electron chi connectivity index (χ3n) is 5.69. The molecule has 4 rings (SSSR count). The Morgan fingerprint density at radius 2 is 2.10 bits per heavy atom. The van der Waals surface area contributed by atoms with Crippen molar-refractivity contribution >= 4 is 17.3 Å². The molecule has 2 aromatic carbocycles. The fourth-order valence-electron chi connectivity index (χ4n) is 4.33. The summed E-state index contributed by atoms with van der Waals surface area (Å²) in [6.45, 7) is 0.916. The van der Waals surface area contributed by atoms with Gasteiger partial charge in [0, 0.05) is 36.9 Å². The highest BCUT2D eigenvalue weighted by Crippen LogP contribution is 2.51. The van der Waals surface area contributed by atoms with Gasteiger partial charge >= 0.3 is 0 Å². The normalized spacial score (nSPS) is 21.8. The molecule has 29 heavy (non-hydrogen) atoms. The highest BCUT2D eigenvalue weighted by Gasteiger charge is 2.40. The molecular formula is C22H23N3O4. The average molecular weight is 393 g/mol. The van der Waals surface area contributed by atoms with Crippen molar-refractivity contribution < 1.29 is 14.5 Å². The third kappa shape index (κ3) is 3.61. The van der Waals surface area contributed by atoms with E-state index in [9.17, 15) is 14.9 Å². The van der Waals surface area contributed by atoms with Crippen LogP contribution < -0.4 is 10.6 Å². The molecule has 7 heteroatoms. The van der Waals surface area contributed by atoms with Crippen molar-refractivity contribution in [2.45, 2.75) is 18.4 Å². The van der Waals surface area contributed by atoms with Crippen LogP contribution in [-0.2, 0) is 4.74 Å². The number of rotatable bonds is 6. The number of ether oxygens (including phenoxy) is 1. The van der Waals surface area contributed by atoms with Gasteiger partial charge in [-0.3, -0.25) is 14.9 Å². The molecule has 0 aromatic heterocycles. The lowest BCUT2D eigenvalue weighted by Crippen LogP contribution is -2.31. The number of anilines is 1. The Morgan fingerprint density at radius 3 is 2.90 bits per heavy atom. The molecule has 150 valence electrons. The van der Waals surface area contributed by atoms with Crippen LogP contribution in [0, 0.1) is 16.0 Å². The van der Waals surface area contributed by atoms with Crippen molar-refractivity contribution in [3.8, 4) is 0 Å². The summed E-state index contributed by atoms with van der Waals surface area (Å²) in [7, 11) is 1.59. The fourth-order valence-corrected chi connectivity index (χ4v) is 4.33. The first-order valence-electron chi connectivity index (χ1n) is 9.67. The van der Waals surface area contributed by atoms with Gasteiger partial charge in [-0.25, -0.2) is 0 Å². The number of benzene rings is 2. The van der Waals surface area contributed by atoms with Gasteiger partial charge in [-0.1, -0.05) is 30.4 Å². The SMILES string of the molecule is COCCNC(=O)c1ccc2c(c1)C1C=CCC1C(c1ccccc1[N+](=O)[O-])N2. The van der Waals surface area contributed by atoms with E-state index in [0.717, 1.165) is 17.7 Å². The summed E-state index contributed by atoms with van der Waals surface area (Å²) < 4.78 is 4.97. The summed E-state index contributed by atoms with van der Waals surface area (Å²) in [6.07, 6.45) is 5.11. The van der Waals surface area contributed by atoms with E-state index in [1.807, 2.05) is 24.3 Å². The summed E-state index contributed by atoms with van der Waals surface area (Å²) in [5, 5.41) is 17.9. The highest BCUT2D eigenvalue weighted by atomic mass is 16.6. The Bertz CT molecular complexity index is 972. The van der Waals surface area contributed by atoms with Crippen LogP contribution in [0.15, 0.2) is 54.6 Å². The van der Waals surface area contributed by atoms with Crippen molar-refractivity contribution in [1.29, 1.82) is 0 Å². The van der Waals surface area contributed by atoms with Crippen molar-refractivity contribution in [1.82, 2.24) is 5.32 Å². The number of carbonyl (C=O) groups is 1. The molecule has 0 saturated heterocycles. The van der Waals surface area contributed by atoms with E-state index in [-0.39, 0.29) is 34.4 Å². The van der Waals surface area contributed by atoms with Crippen LogP contribution in [-0.4, -0.2) is 31.1 Å². The molecule has 1 aliphatic heterocycles. The number of allylic oxidation sites excluding steroid dienone is 2. The van der Waals surface area contributed by atoms with E-state index < -0.39 is 0 Å². The van der Waals surface area contributed by atoms with Crippen LogP contribution in [0.5, 0.6) is 0 Å². The molecule has 3 unspecified atom stereocenters. The minimum atomic E-state index is -0.322. The van der Waals surface area contributed by atoms with Gasteiger partial charge in [-0.15, -0.1) is 0 Å². The van der Waals surface area contributed by atoms with Gasteiger partial charge in [0.25, 0.3) is 11.6 Å². The number of nitrogens with one attached hydrogen (secondary N) is 2. The van der Waals surface area contributed by atoms with Crippen LogP contribution >= 0.6 is 0 Å². The third-order valence-corrected chi connectivity index (χ3v) is 5.69. The largest absolute Gasteiger partial charge is 0.383 e. The average Bonchev–Trinajstić information content (AvgIpc) is 3.23. The first kappa shape index (κ1) is 19.1. The summed E-state index contributed by atoms with van der Waals surface area (Å²) in [6, 6.07) is 12.3.